The van der Waals surface area contributed by atoms with E-state index in [1.165, 1.54) is 0 Å². The predicted octanol–water partition coefficient (Wildman–Crippen LogP) is 6.98. The fourth-order valence-corrected chi connectivity index (χ4v) is 9.50. The third-order valence-electron chi connectivity index (χ3n) is 8.44. The number of hydrogen-bond acceptors (Lipinski definition) is 12. The van der Waals surface area contributed by atoms with E-state index in [1.807, 2.05) is 0 Å². The lowest BCUT2D eigenvalue weighted by Crippen LogP contribution is -2.24. The zero-order valence-electron chi connectivity index (χ0n) is 28.5. The minimum atomic E-state index is -6.72. The smallest absolute Gasteiger partial charge is 0.282 e. The zero-order valence-corrected chi connectivity index (χ0v) is 31.0. The van der Waals surface area contributed by atoms with Crippen molar-refractivity contribution >= 4 is 47.4 Å². The molecule has 60 heavy (non-hydrogen) atoms. The van der Waals surface area contributed by atoms with Crippen molar-refractivity contribution in [2.45, 2.75) is 52.5 Å². The summed E-state index contributed by atoms with van der Waals surface area (Å²) in [5.74, 6) is 0. The van der Waals surface area contributed by atoms with Gasteiger partial charge in [0.2, 0.25) is 0 Å². The molecule has 4 rings (SSSR count). The number of nitrogens with zero attached hydrogens (tertiary/aromatic N) is 3. The maximum absolute atomic E-state index is 14.4. The molecule has 0 heterocycles. The van der Waals surface area contributed by atoms with Crippen molar-refractivity contribution in [3.05, 3.63) is 135 Å². The number of halogens is 9. The summed E-state index contributed by atoms with van der Waals surface area (Å²) in [6.07, 6.45) is -24.2. The standard InChI is InChI=1S/C30H18F9N3O15S3/c31-28(32,33)19-4-1-7-22(40(43)44)13(19)10-16-25(58(49,50)51)17(11-14-20(29(34,35)36)5-2-8-23(14)41(45)46)27(60(55,56)57)18(26(16)59(52,53)54)12-15-21(30(37,38)39)6-3-9-24(15)42(47)48/h1-9H,10-12H2,(H,49,50,51)(H,52,53,54)(H,55,56,57). The number of nitro benzene ring substituents is 3. The highest BCUT2D eigenvalue weighted by Crippen LogP contribution is 2.47. The van der Waals surface area contributed by atoms with Crippen molar-refractivity contribution in [2.24, 2.45) is 0 Å². The summed E-state index contributed by atoms with van der Waals surface area (Å²) in [6, 6.07) is 2.05. The van der Waals surface area contributed by atoms with E-state index < -0.39 is 165 Å². The summed E-state index contributed by atoms with van der Waals surface area (Å²) in [5.41, 5.74) is -23.6. The molecule has 324 valence electrons. The molecule has 0 saturated heterocycles. The highest BCUT2D eigenvalue weighted by molar-refractivity contribution is 7.87. The second-order valence-electron chi connectivity index (χ2n) is 12.1. The Morgan fingerprint density at radius 1 is 0.417 bits per heavy atom. The molecule has 0 aliphatic rings. The van der Waals surface area contributed by atoms with E-state index in [4.69, 9.17) is 0 Å². The molecule has 0 aromatic heterocycles. The number of alkyl halides is 9. The Labute approximate surface area is 327 Å². The van der Waals surface area contributed by atoms with Crippen LogP contribution >= 0.6 is 0 Å². The molecule has 3 N–H and O–H groups in total. The third-order valence-corrected chi connectivity index (χ3v) is 11.5. The van der Waals surface area contributed by atoms with E-state index in [-0.39, 0.29) is 36.4 Å². The van der Waals surface area contributed by atoms with E-state index >= 15 is 0 Å². The molecule has 0 spiro atoms. The van der Waals surface area contributed by atoms with Crippen LogP contribution in [0.5, 0.6) is 0 Å². The van der Waals surface area contributed by atoms with Gasteiger partial charge >= 0.3 is 18.5 Å². The van der Waals surface area contributed by atoms with Gasteiger partial charge in [-0.1, -0.05) is 18.2 Å². The van der Waals surface area contributed by atoms with Crippen LogP contribution in [0.3, 0.4) is 0 Å². The molecule has 0 aliphatic carbocycles. The normalized spacial score (nSPS) is 13.0. The van der Waals surface area contributed by atoms with Crippen LogP contribution in [0.15, 0.2) is 69.3 Å². The molecule has 0 saturated carbocycles. The van der Waals surface area contributed by atoms with Gasteiger partial charge in [0.25, 0.3) is 47.4 Å². The molecule has 30 heteroatoms. The Kier molecular flexibility index (Phi) is 12.2. The Bertz CT molecular complexity index is 2500. The first kappa shape index (κ1) is 46.9. The van der Waals surface area contributed by atoms with Crippen LogP contribution < -0.4 is 0 Å². The first-order chi connectivity index (χ1) is 27.1. The van der Waals surface area contributed by atoms with Gasteiger partial charge in [0, 0.05) is 54.2 Å². The van der Waals surface area contributed by atoms with Crippen LogP contribution in [0.2, 0.25) is 0 Å². The second-order valence-corrected chi connectivity index (χ2v) is 16.1. The summed E-state index contributed by atoms with van der Waals surface area (Å²) in [7, 11) is -20.2. The molecule has 4 aromatic carbocycles. The van der Waals surface area contributed by atoms with E-state index in [0.717, 1.165) is 0 Å². The summed E-state index contributed by atoms with van der Waals surface area (Å²) in [5, 5.41) is 35.9. The highest BCUT2D eigenvalue weighted by Gasteiger charge is 2.45. The average molecular weight is 928 g/mol. The van der Waals surface area contributed by atoms with Crippen LogP contribution in [0.1, 0.15) is 50.1 Å². The molecular formula is C30H18F9N3O15S3. The van der Waals surface area contributed by atoms with E-state index in [2.05, 4.69) is 0 Å². The fraction of sp³-hybridized carbons (Fsp3) is 0.200. The molecule has 0 radical (unpaired) electrons. The lowest BCUT2D eigenvalue weighted by atomic mass is 9.89. The Morgan fingerprint density at radius 2 is 0.617 bits per heavy atom. The Hall–Kier alpha value is -5.82. The van der Waals surface area contributed by atoms with Crippen molar-refractivity contribution in [3.8, 4) is 0 Å². The first-order valence-electron chi connectivity index (χ1n) is 15.2. The van der Waals surface area contributed by atoms with Crippen molar-refractivity contribution in [1.82, 2.24) is 0 Å². The van der Waals surface area contributed by atoms with E-state index in [0.29, 0.717) is 18.2 Å². The molecule has 4 aromatic rings. The summed E-state index contributed by atoms with van der Waals surface area (Å²) < 4.78 is 240. The molecule has 0 aliphatic heterocycles. The van der Waals surface area contributed by atoms with Crippen LogP contribution in [0.25, 0.3) is 0 Å². The van der Waals surface area contributed by atoms with Gasteiger partial charge in [-0.3, -0.25) is 44.0 Å². The number of benzene rings is 4. The van der Waals surface area contributed by atoms with Crippen molar-refractivity contribution < 1.29 is 93.2 Å². The Morgan fingerprint density at radius 3 is 0.767 bits per heavy atom. The number of rotatable bonds is 12. The van der Waals surface area contributed by atoms with Crippen molar-refractivity contribution in [3.63, 3.8) is 0 Å². The number of nitro groups is 3. The largest absolute Gasteiger partial charge is 0.416 e. The van der Waals surface area contributed by atoms with Crippen LogP contribution in [-0.2, 0) is 68.1 Å². The maximum Gasteiger partial charge on any atom is 0.416 e. The fourth-order valence-electron chi connectivity index (χ4n) is 6.39. The minimum Gasteiger partial charge on any atom is -0.282 e. The van der Waals surface area contributed by atoms with Crippen LogP contribution in [0, 0.1) is 30.3 Å². The average Bonchev–Trinajstić information content (AvgIpc) is 3.04. The monoisotopic (exact) mass is 927 g/mol. The highest BCUT2D eigenvalue weighted by atomic mass is 32.2. The van der Waals surface area contributed by atoms with E-state index in [9.17, 15) is 109 Å². The van der Waals surface area contributed by atoms with Crippen molar-refractivity contribution in [2.75, 3.05) is 0 Å². The van der Waals surface area contributed by atoms with Gasteiger partial charge in [-0.05, 0) is 34.9 Å². The molecule has 0 unspecified atom stereocenters. The van der Waals surface area contributed by atoms with Gasteiger partial charge in [-0.15, -0.1) is 0 Å². The first-order valence-corrected chi connectivity index (χ1v) is 19.6. The molecule has 18 nitrogen and oxygen atoms in total. The summed E-state index contributed by atoms with van der Waals surface area (Å²) in [6.45, 7) is 0. The SMILES string of the molecule is O=[N+]([O-])c1cccc(C(F)(F)F)c1Cc1c(S(=O)(=O)O)c(Cc2c([N+](=O)[O-])cccc2C(F)(F)F)c(S(=O)(=O)O)c(Cc2c([N+](=O)[O-])cccc2C(F)(F)F)c1S(=O)(=O)O. The predicted molar refractivity (Wildman–Crippen MR) is 179 cm³/mol. The topological polar surface area (TPSA) is 293 Å². The van der Waals surface area contributed by atoms with Crippen LogP contribution in [-0.4, -0.2) is 53.7 Å². The zero-order chi connectivity index (χ0) is 45.9. The third kappa shape index (κ3) is 9.46. The molecule has 0 amide bonds. The van der Waals surface area contributed by atoms with E-state index in [1.54, 1.807) is 0 Å². The second kappa shape index (κ2) is 15.7. The van der Waals surface area contributed by atoms with Gasteiger partial charge < -0.3 is 0 Å². The van der Waals surface area contributed by atoms with Gasteiger partial charge in [-0.25, -0.2) is 0 Å². The van der Waals surface area contributed by atoms with Gasteiger partial charge in [-0.2, -0.15) is 64.8 Å². The number of hydrogen-bond donors (Lipinski definition) is 3. The lowest BCUT2D eigenvalue weighted by Gasteiger charge is -2.25. The maximum atomic E-state index is 14.4. The lowest BCUT2D eigenvalue weighted by molar-refractivity contribution is -0.385. The molecule has 0 bridgehead atoms. The summed E-state index contributed by atoms with van der Waals surface area (Å²) in [4.78, 5) is 23.6. The molecule has 0 fully saturated rings. The molecular weight excluding hydrogens is 910 g/mol. The molecule has 0 atom stereocenters. The van der Waals surface area contributed by atoms with Gasteiger partial charge in [0.1, 0.15) is 14.7 Å². The Balaban J connectivity index is 2.53. The van der Waals surface area contributed by atoms with Gasteiger partial charge in [0.15, 0.2) is 0 Å². The van der Waals surface area contributed by atoms with Crippen molar-refractivity contribution in [1.29, 1.82) is 0 Å². The summed E-state index contributed by atoms with van der Waals surface area (Å²) >= 11 is 0. The van der Waals surface area contributed by atoms with Gasteiger partial charge in [0.05, 0.1) is 31.5 Å². The van der Waals surface area contributed by atoms with Crippen LogP contribution in [0.4, 0.5) is 56.6 Å². The minimum absolute atomic E-state index is 0.0445. The quantitative estimate of drug-likeness (QED) is 0.0559.